The Morgan fingerprint density at radius 3 is 2.44 bits per heavy atom. The van der Waals surface area contributed by atoms with Crippen molar-refractivity contribution in [1.82, 2.24) is 5.32 Å². The maximum atomic E-state index is 10.9. The molecule has 1 aromatic carbocycles. The molecular weight excluding hydrogens is 232 g/mol. The van der Waals surface area contributed by atoms with E-state index in [1.54, 1.807) is 19.1 Å². The van der Waals surface area contributed by atoms with Gasteiger partial charge in [0.1, 0.15) is 0 Å². The fraction of sp³-hybridized carbons (Fsp3) is 0.385. The topological polar surface area (TPSA) is 78.4 Å². The Kier molecular flexibility index (Phi) is 5.32. The van der Waals surface area contributed by atoms with E-state index in [1.807, 2.05) is 12.1 Å². The van der Waals surface area contributed by atoms with Crippen molar-refractivity contribution >= 4 is 18.0 Å². The van der Waals surface area contributed by atoms with E-state index in [-0.39, 0.29) is 11.9 Å². The molecule has 0 bridgehead atoms. The zero-order chi connectivity index (χ0) is 13.5. The van der Waals surface area contributed by atoms with E-state index in [4.69, 9.17) is 0 Å². The Morgan fingerprint density at radius 1 is 1.39 bits per heavy atom. The molecule has 2 amide bonds. The predicted molar refractivity (Wildman–Crippen MR) is 69.1 cm³/mol. The number of benzene rings is 1. The van der Waals surface area contributed by atoms with Gasteiger partial charge in [0.25, 0.3) is 0 Å². The van der Waals surface area contributed by atoms with Gasteiger partial charge in [-0.3, -0.25) is 9.59 Å². The molecule has 2 atom stereocenters. The molecule has 2 unspecified atom stereocenters. The summed E-state index contributed by atoms with van der Waals surface area (Å²) in [6.45, 7) is 3.08. The number of amides is 2. The van der Waals surface area contributed by atoms with Crippen LogP contribution in [0.5, 0.6) is 0 Å². The fourth-order valence-electron chi connectivity index (χ4n) is 1.64. The fourth-order valence-corrected chi connectivity index (χ4v) is 1.64. The second-order valence-corrected chi connectivity index (χ2v) is 4.21. The summed E-state index contributed by atoms with van der Waals surface area (Å²) in [5.74, 6) is -0.118. The van der Waals surface area contributed by atoms with Gasteiger partial charge >= 0.3 is 0 Å². The summed E-state index contributed by atoms with van der Waals surface area (Å²) >= 11 is 0. The van der Waals surface area contributed by atoms with Crippen LogP contribution in [0.3, 0.4) is 0 Å². The van der Waals surface area contributed by atoms with Gasteiger partial charge in [0, 0.05) is 12.6 Å². The Labute approximate surface area is 106 Å². The van der Waals surface area contributed by atoms with Crippen LogP contribution >= 0.6 is 0 Å². The molecule has 1 aromatic rings. The largest absolute Gasteiger partial charge is 0.391 e. The molecule has 3 N–H and O–H groups in total. The highest BCUT2D eigenvalue weighted by Gasteiger charge is 2.14. The van der Waals surface area contributed by atoms with E-state index in [9.17, 15) is 14.7 Å². The van der Waals surface area contributed by atoms with E-state index in [2.05, 4.69) is 10.6 Å². The Bertz CT molecular complexity index is 401. The molecule has 0 heterocycles. The van der Waals surface area contributed by atoms with Crippen molar-refractivity contribution in [3.8, 4) is 0 Å². The second kappa shape index (κ2) is 6.76. The van der Waals surface area contributed by atoms with Gasteiger partial charge in [-0.2, -0.15) is 0 Å². The lowest BCUT2D eigenvalue weighted by molar-refractivity contribution is -0.114. The summed E-state index contributed by atoms with van der Waals surface area (Å²) < 4.78 is 0. The summed E-state index contributed by atoms with van der Waals surface area (Å²) in [7, 11) is 0. The number of anilines is 1. The normalized spacial score (nSPS) is 13.5. The van der Waals surface area contributed by atoms with Crippen LogP contribution < -0.4 is 10.6 Å². The van der Waals surface area contributed by atoms with E-state index in [0.29, 0.717) is 12.8 Å². The molecule has 0 saturated carbocycles. The molecular formula is C13H18N2O3. The quantitative estimate of drug-likeness (QED) is 0.650. The third-order valence-corrected chi connectivity index (χ3v) is 2.59. The molecule has 0 aliphatic rings. The van der Waals surface area contributed by atoms with Crippen LogP contribution in [0.1, 0.15) is 19.4 Å². The van der Waals surface area contributed by atoms with E-state index in [0.717, 1.165) is 11.3 Å². The summed E-state index contributed by atoms with van der Waals surface area (Å²) in [5.41, 5.74) is 1.70. The van der Waals surface area contributed by atoms with Crippen molar-refractivity contribution in [1.29, 1.82) is 0 Å². The SMILES string of the molecule is CC(=O)Nc1ccc(CC(NC=O)C(C)O)cc1. The Morgan fingerprint density at radius 2 is 2.00 bits per heavy atom. The average Bonchev–Trinajstić information content (AvgIpc) is 2.30. The molecule has 0 aromatic heterocycles. The van der Waals surface area contributed by atoms with Gasteiger partial charge < -0.3 is 15.7 Å². The molecule has 5 heteroatoms. The first-order valence-electron chi connectivity index (χ1n) is 5.77. The van der Waals surface area contributed by atoms with Crippen LogP contribution in [0, 0.1) is 0 Å². The zero-order valence-corrected chi connectivity index (χ0v) is 10.5. The van der Waals surface area contributed by atoms with Gasteiger partial charge in [0.05, 0.1) is 12.1 Å². The lowest BCUT2D eigenvalue weighted by Gasteiger charge is -2.19. The second-order valence-electron chi connectivity index (χ2n) is 4.21. The van der Waals surface area contributed by atoms with Crippen LogP contribution in [0.4, 0.5) is 5.69 Å². The van der Waals surface area contributed by atoms with Crippen molar-refractivity contribution in [3.05, 3.63) is 29.8 Å². The standard InChI is InChI=1S/C13H18N2O3/c1-9(17)13(14-8-16)7-11-3-5-12(6-4-11)15-10(2)18/h3-6,8-9,13,17H,7H2,1-2H3,(H,14,16)(H,15,18). The van der Waals surface area contributed by atoms with E-state index in [1.165, 1.54) is 6.92 Å². The molecule has 98 valence electrons. The number of nitrogens with one attached hydrogen (secondary N) is 2. The molecule has 0 saturated heterocycles. The number of aliphatic hydroxyl groups excluding tert-OH is 1. The number of carbonyl (C=O) groups excluding carboxylic acids is 2. The van der Waals surface area contributed by atoms with Gasteiger partial charge in [-0.15, -0.1) is 0 Å². The zero-order valence-electron chi connectivity index (χ0n) is 10.5. The average molecular weight is 250 g/mol. The first-order chi connectivity index (χ1) is 8.52. The maximum absolute atomic E-state index is 10.9. The predicted octanol–water partition coefficient (Wildman–Crippen LogP) is 0.683. The van der Waals surface area contributed by atoms with Gasteiger partial charge in [-0.25, -0.2) is 0 Å². The van der Waals surface area contributed by atoms with Crippen molar-refractivity contribution in [2.24, 2.45) is 0 Å². The maximum Gasteiger partial charge on any atom is 0.221 e. The van der Waals surface area contributed by atoms with E-state index >= 15 is 0 Å². The summed E-state index contributed by atoms with van der Waals surface area (Å²) in [5, 5.41) is 14.7. The first kappa shape index (κ1) is 14.2. The van der Waals surface area contributed by atoms with Crippen LogP contribution in [0.15, 0.2) is 24.3 Å². The van der Waals surface area contributed by atoms with Gasteiger partial charge in [-0.1, -0.05) is 12.1 Å². The van der Waals surface area contributed by atoms with Gasteiger partial charge in [-0.05, 0) is 31.0 Å². The van der Waals surface area contributed by atoms with Crippen LogP contribution in [0.25, 0.3) is 0 Å². The third-order valence-electron chi connectivity index (χ3n) is 2.59. The summed E-state index contributed by atoms with van der Waals surface area (Å²) in [6.07, 6.45) is 0.505. The molecule has 0 spiro atoms. The molecule has 0 radical (unpaired) electrons. The molecule has 0 aliphatic heterocycles. The Hall–Kier alpha value is -1.88. The number of hydrogen-bond donors (Lipinski definition) is 3. The molecule has 0 aliphatic carbocycles. The van der Waals surface area contributed by atoms with Crippen molar-refractivity contribution in [3.63, 3.8) is 0 Å². The minimum atomic E-state index is -0.620. The molecule has 0 fully saturated rings. The highest BCUT2D eigenvalue weighted by molar-refractivity contribution is 5.88. The highest BCUT2D eigenvalue weighted by Crippen LogP contribution is 2.12. The Balaban J connectivity index is 2.66. The molecule has 18 heavy (non-hydrogen) atoms. The van der Waals surface area contributed by atoms with Gasteiger partial charge in [0.2, 0.25) is 12.3 Å². The summed E-state index contributed by atoms with van der Waals surface area (Å²) in [6, 6.07) is 6.97. The van der Waals surface area contributed by atoms with E-state index < -0.39 is 6.10 Å². The minimum absolute atomic E-state index is 0.118. The number of carbonyl (C=O) groups is 2. The monoisotopic (exact) mass is 250 g/mol. The van der Waals surface area contributed by atoms with Gasteiger partial charge in [0.15, 0.2) is 0 Å². The molecule has 1 rings (SSSR count). The van der Waals surface area contributed by atoms with Crippen LogP contribution in [-0.4, -0.2) is 29.6 Å². The third kappa shape index (κ3) is 4.55. The number of rotatable bonds is 6. The molecule has 5 nitrogen and oxygen atoms in total. The number of hydrogen-bond acceptors (Lipinski definition) is 3. The summed E-state index contributed by atoms with van der Waals surface area (Å²) in [4.78, 5) is 21.3. The lowest BCUT2D eigenvalue weighted by atomic mass is 10.0. The van der Waals surface area contributed by atoms with Crippen LogP contribution in [-0.2, 0) is 16.0 Å². The van der Waals surface area contributed by atoms with Crippen molar-refractivity contribution in [2.45, 2.75) is 32.4 Å². The smallest absolute Gasteiger partial charge is 0.221 e. The lowest BCUT2D eigenvalue weighted by Crippen LogP contribution is -2.39. The first-order valence-corrected chi connectivity index (χ1v) is 5.77. The van der Waals surface area contributed by atoms with Crippen LogP contribution in [0.2, 0.25) is 0 Å². The minimum Gasteiger partial charge on any atom is -0.391 e. The number of aliphatic hydroxyl groups is 1. The van der Waals surface area contributed by atoms with Crippen molar-refractivity contribution < 1.29 is 14.7 Å². The highest BCUT2D eigenvalue weighted by atomic mass is 16.3. The van der Waals surface area contributed by atoms with Crippen molar-refractivity contribution in [2.75, 3.05) is 5.32 Å².